The summed E-state index contributed by atoms with van der Waals surface area (Å²) in [5.74, 6) is 5.87. The van der Waals surface area contributed by atoms with Crippen LogP contribution in [0.4, 0.5) is 0 Å². The van der Waals surface area contributed by atoms with E-state index < -0.39 is 0 Å². The van der Waals surface area contributed by atoms with E-state index in [1.165, 1.54) is 17.6 Å². The molecule has 0 unspecified atom stereocenters. The predicted octanol–water partition coefficient (Wildman–Crippen LogP) is 1.92. The Hall–Kier alpha value is -2.03. The van der Waals surface area contributed by atoms with E-state index in [9.17, 15) is 4.79 Å². The summed E-state index contributed by atoms with van der Waals surface area (Å²) in [5, 5.41) is 13.3. The van der Waals surface area contributed by atoms with Crippen LogP contribution in [0.15, 0.2) is 28.2 Å². The second-order valence-corrected chi connectivity index (χ2v) is 4.83. The van der Waals surface area contributed by atoms with Gasteiger partial charge in [0.05, 0.1) is 18.4 Å². The summed E-state index contributed by atoms with van der Waals surface area (Å²) >= 11 is 1.52. The molecule has 0 aliphatic rings. The summed E-state index contributed by atoms with van der Waals surface area (Å²) in [6, 6.07) is 3.55. The van der Waals surface area contributed by atoms with Gasteiger partial charge in [0.25, 0.3) is 5.91 Å². The summed E-state index contributed by atoms with van der Waals surface area (Å²) in [7, 11) is 0. The van der Waals surface area contributed by atoms with Gasteiger partial charge in [-0.15, -0.1) is 11.3 Å². The highest BCUT2D eigenvalue weighted by molar-refractivity contribution is 7.10. The largest absolute Gasteiger partial charge is 0.469 e. The Balaban J connectivity index is 1.94. The number of furan rings is 1. The van der Waals surface area contributed by atoms with E-state index in [2.05, 4.69) is 17.2 Å². The lowest BCUT2D eigenvalue weighted by molar-refractivity contribution is 0.0950. The molecule has 0 spiro atoms. The summed E-state index contributed by atoms with van der Waals surface area (Å²) in [5.41, 5.74) is 1.40. The summed E-state index contributed by atoms with van der Waals surface area (Å²) in [6.07, 6.45) is 1.50. The molecule has 0 radical (unpaired) electrons. The lowest BCUT2D eigenvalue weighted by Crippen LogP contribution is -2.22. The fourth-order valence-electron chi connectivity index (χ4n) is 1.56. The zero-order valence-electron chi connectivity index (χ0n) is 10.4. The van der Waals surface area contributed by atoms with Gasteiger partial charge >= 0.3 is 0 Å². The van der Waals surface area contributed by atoms with Crippen LogP contribution in [0.1, 0.15) is 26.6 Å². The van der Waals surface area contributed by atoms with E-state index in [1.807, 2.05) is 11.4 Å². The Morgan fingerprint density at radius 3 is 3.11 bits per heavy atom. The molecule has 0 saturated carbocycles. The molecule has 2 heterocycles. The van der Waals surface area contributed by atoms with Crippen LogP contribution in [-0.2, 0) is 6.54 Å². The van der Waals surface area contributed by atoms with Gasteiger partial charge in [0.2, 0.25) is 0 Å². The molecule has 98 valence electrons. The minimum absolute atomic E-state index is 0.150. The quantitative estimate of drug-likeness (QED) is 0.841. The Morgan fingerprint density at radius 2 is 2.42 bits per heavy atom. The van der Waals surface area contributed by atoms with E-state index in [0.717, 1.165) is 10.4 Å². The van der Waals surface area contributed by atoms with Gasteiger partial charge < -0.3 is 14.8 Å². The molecule has 0 bridgehead atoms. The highest BCUT2D eigenvalue weighted by Gasteiger charge is 2.11. The van der Waals surface area contributed by atoms with E-state index in [4.69, 9.17) is 9.52 Å². The van der Waals surface area contributed by atoms with E-state index in [1.54, 1.807) is 13.0 Å². The zero-order valence-corrected chi connectivity index (χ0v) is 11.2. The monoisotopic (exact) mass is 275 g/mol. The summed E-state index contributed by atoms with van der Waals surface area (Å²) in [6.45, 7) is 2.05. The van der Waals surface area contributed by atoms with E-state index in [-0.39, 0.29) is 12.5 Å². The smallest absolute Gasteiger partial charge is 0.255 e. The van der Waals surface area contributed by atoms with E-state index >= 15 is 0 Å². The van der Waals surface area contributed by atoms with Crippen LogP contribution < -0.4 is 5.32 Å². The molecule has 2 aromatic rings. The molecule has 0 aromatic carbocycles. The van der Waals surface area contributed by atoms with Crippen LogP contribution in [0.3, 0.4) is 0 Å². The van der Waals surface area contributed by atoms with Crippen molar-refractivity contribution in [1.29, 1.82) is 0 Å². The molecule has 0 atom stereocenters. The van der Waals surface area contributed by atoms with Gasteiger partial charge in [0.1, 0.15) is 12.4 Å². The number of aliphatic hydroxyl groups is 1. The van der Waals surface area contributed by atoms with Crippen LogP contribution >= 0.6 is 11.3 Å². The number of amides is 1. The fraction of sp³-hybridized carbons (Fsp3) is 0.214. The first-order valence-electron chi connectivity index (χ1n) is 5.70. The summed E-state index contributed by atoms with van der Waals surface area (Å²) in [4.78, 5) is 12.9. The topological polar surface area (TPSA) is 62.5 Å². The minimum atomic E-state index is -0.151. The normalized spacial score (nSPS) is 9.79. The third-order valence-corrected chi connectivity index (χ3v) is 3.43. The molecule has 0 aliphatic heterocycles. The van der Waals surface area contributed by atoms with Gasteiger partial charge in [-0.05, 0) is 19.1 Å². The zero-order chi connectivity index (χ0) is 13.7. The van der Waals surface area contributed by atoms with Gasteiger partial charge in [0.15, 0.2) is 0 Å². The molecule has 2 aromatic heterocycles. The third kappa shape index (κ3) is 3.47. The number of carbonyl (C=O) groups is 1. The number of hydrogen-bond donors (Lipinski definition) is 2. The van der Waals surface area contributed by atoms with Crippen LogP contribution in [0.2, 0.25) is 0 Å². The summed E-state index contributed by atoms with van der Waals surface area (Å²) < 4.78 is 5.09. The molecule has 19 heavy (non-hydrogen) atoms. The molecule has 0 fully saturated rings. The van der Waals surface area contributed by atoms with Crippen molar-refractivity contribution in [3.8, 4) is 11.8 Å². The van der Waals surface area contributed by atoms with Gasteiger partial charge in [0, 0.05) is 15.8 Å². The minimum Gasteiger partial charge on any atom is -0.469 e. The lowest BCUT2D eigenvalue weighted by atomic mass is 10.2. The van der Waals surface area contributed by atoms with Gasteiger partial charge in [-0.1, -0.05) is 11.8 Å². The lowest BCUT2D eigenvalue weighted by Gasteiger charge is -2.01. The van der Waals surface area contributed by atoms with Crippen molar-refractivity contribution in [1.82, 2.24) is 5.32 Å². The first-order chi connectivity index (χ1) is 9.20. The second-order valence-electron chi connectivity index (χ2n) is 3.83. The van der Waals surface area contributed by atoms with Gasteiger partial charge in [-0.2, -0.15) is 0 Å². The van der Waals surface area contributed by atoms with Gasteiger partial charge in [-0.25, -0.2) is 0 Å². The average Bonchev–Trinajstić information content (AvgIpc) is 3.02. The van der Waals surface area contributed by atoms with E-state index in [0.29, 0.717) is 17.9 Å². The number of aryl methyl sites for hydroxylation is 1. The van der Waals surface area contributed by atoms with Crippen molar-refractivity contribution in [2.24, 2.45) is 0 Å². The Kier molecular flexibility index (Phi) is 4.39. The van der Waals surface area contributed by atoms with Crippen molar-refractivity contribution >= 4 is 17.2 Å². The Morgan fingerprint density at radius 1 is 1.58 bits per heavy atom. The molecular formula is C14H13NO3S. The molecule has 4 nitrogen and oxygen atoms in total. The van der Waals surface area contributed by atoms with Crippen molar-refractivity contribution in [2.45, 2.75) is 13.5 Å². The third-order valence-electron chi connectivity index (χ3n) is 2.49. The first-order valence-corrected chi connectivity index (χ1v) is 6.58. The molecule has 0 saturated heterocycles. The Labute approximate surface area is 115 Å². The van der Waals surface area contributed by atoms with Crippen LogP contribution in [-0.4, -0.2) is 17.6 Å². The molecule has 5 heteroatoms. The van der Waals surface area contributed by atoms with Crippen molar-refractivity contribution < 1.29 is 14.3 Å². The van der Waals surface area contributed by atoms with Crippen molar-refractivity contribution in [2.75, 3.05) is 6.61 Å². The van der Waals surface area contributed by atoms with Crippen LogP contribution in [0, 0.1) is 18.8 Å². The molecule has 2 rings (SSSR count). The molecule has 2 N–H and O–H groups in total. The maximum atomic E-state index is 11.9. The second kappa shape index (κ2) is 6.23. The number of carbonyl (C=O) groups excluding carboxylic acids is 1. The predicted molar refractivity (Wildman–Crippen MR) is 72.9 cm³/mol. The number of aliphatic hydroxyl groups excluding tert-OH is 1. The molecular weight excluding hydrogens is 262 g/mol. The van der Waals surface area contributed by atoms with Gasteiger partial charge in [-0.3, -0.25) is 4.79 Å². The first kappa shape index (κ1) is 13.4. The maximum absolute atomic E-state index is 11.9. The highest BCUT2D eigenvalue weighted by atomic mass is 32.1. The number of hydrogen-bond acceptors (Lipinski definition) is 4. The van der Waals surface area contributed by atoms with Crippen LogP contribution in [0.25, 0.3) is 0 Å². The van der Waals surface area contributed by atoms with Crippen molar-refractivity contribution in [3.05, 3.63) is 45.5 Å². The SMILES string of the molecule is Cc1occc1C(=O)NCc1cc(C#CCO)cs1. The van der Waals surface area contributed by atoms with Crippen LogP contribution in [0.5, 0.6) is 0 Å². The van der Waals surface area contributed by atoms with Crippen molar-refractivity contribution in [3.63, 3.8) is 0 Å². The molecule has 0 aliphatic carbocycles. The number of thiophene rings is 1. The fourth-order valence-corrected chi connectivity index (χ4v) is 2.32. The number of rotatable bonds is 3. The maximum Gasteiger partial charge on any atom is 0.255 e. The highest BCUT2D eigenvalue weighted by Crippen LogP contribution is 2.14. The Bertz CT molecular complexity index is 630. The average molecular weight is 275 g/mol. The molecule has 1 amide bonds. The standard InChI is InChI=1S/C14H13NO3S/c1-10-13(4-6-18-10)14(17)15-8-12-7-11(9-19-12)3-2-5-16/h4,6-7,9,16H,5,8H2,1H3,(H,15,17). The number of nitrogens with one attached hydrogen (secondary N) is 1.